The van der Waals surface area contributed by atoms with Gasteiger partial charge < -0.3 is 9.47 Å². The summed E-state index contributed by atoms with van der Waals surface area (Å²) < 4.78 is 2.37. The second-order valence-electron chi connectivity index (χ2n) is 17.7. The monoisotopic (exact) mass is 864 g/mol. The molecule has 318 valence electrons. The van der Waals surface area contributed by atoms with Gasteiger partial charge in [-0.05, 0) is 150 Å². The predicted molar refractivity (Wildman–Crippen MR) is 290 cm³/mol. The van der Waals surface area contributed by atoms with Crippen LogP contribution in [0.5, 0.6) is 0 Å². The van der Waals surface area contributed by atoms with Crippen LogP contribution < -0.4 is 4.90 Å². The third kappa shape index (κ3) is 6.90. The molecule has 12 aromatic carbocycles. The molecule has 0 bridgehead atoms. The van der Waals surface area contributed by atoms with E-state index in [1.165, 1.54) is 93.1 Å². The first-order valence-electron chi connectivity index (χ1n) is 23.4. The van der Waals surface area contributed by atoms with Gasteiger partial charge in [-0.2, -0.15) is 0 Å². The smallest absolute Gasteiger partial charge is 0.0541 e. The standard InChI is InChI=1S/C66H44N2/c1-2-16-55(17-3-1)68-65-23-9-8-20-63(65)64-44-54(35-41-66(64)68)52-15-10-18-58(43-52)67(57-38-32-50(33-39-57)60-21-11-22-61-59-19-7-6-13-49(59)34-40-62(60)61)56-36-30-47(31-37-56)46-24-26-48(27-25-46)53-29-28-45-12-4-5-14-51(45)42-53/h1-44H. The molecule has 0 unspecified atom stereocenters. The summed E-state index contributed by atoms with van der Waals surface area (Å²) in [5, 5.41) is 10.1. The molecule has 0 spiro atoms. The van der Waals surface area contributed by atoms with Crippen molar-refractivity contribution in [2.24, 2.45) is 0 Å². The highest BCUT2D eigenvalue weighted by atomic mass is 15.1. The maximum Gasteiger partial charge on any atom is 0.0541 e. The van der Waals surface area contributed by atoms with Crippen molar-refractivity contribution in [1.29, 1.82) is 0 Å². The molecule has 0 saturated carbocycles. The number of fused-ring (bicyclic) bond motifs is 7. The number of hydrogen-bond donors (Lipinski definition) is 0. The van der Waals surface area contributed by atoms with E-state index >= 15 is 0 Å². The van der Waals surface area contributed by atoms with Gasteiger partial charge in [0.05, 0.1) is 11.0 Å². The highest BCUT2D eigenvalue weighted by Gasteiger charge is 2.17. The van der Waals surface area contributed by atoms with Gasteiger partial charge in [-0.15, -0.1) is 0 Å². The van der Waals surface area contributed by atoms with E-state index in [-0.39, 0.29) is 0 Å². The lowest BCUT2D eigenvalue weighted by atomic mass is 9.94. The van der Waals surface area contributed by atoms with Crippen LogP contribution in [0.2, 0.25) is 0 Å². The minimum absolute atomic E-state index is 1.09. The number of aromatic nitrogens is 1. The van der Waals surface area contributed by atoms with Crippen LogP contribution in [-0.2, 0) is 0 Å². The van der Waals surface area contributed by atoms with E-state index in [0.29, 0.717) is 0 Å². The Kier molecular flexibility index (Phi) is 9.54. The van der Waals surface area contributed by atoms with Gasteiger partial charge in [-0.25, -0.2) is 0 Å². The van der Waals surface area contributed by atoms with E-state index in [1.807, 2.05) is 0 Å². The number of hydrogen-bond acceptors (Lipinski definition) is 1. The fraction of sp³-hybridized carbons (Fsp3) is 0. The highest BCUT2D eigenvalue weighted by Crippen LogP contribution is 2.41. The minimum atomic E-state index is 1.09. The molecule has 2 nitrogen and oxygen atoms in total. The van der Waals surface area contributed by atoms with Crippen LogP contribution in [0, 0.1) is 0 Å². The van der Waals surface area contributed by atoms with Crippen molar-refractivity contribution >= 4 is 71.2 Å². The van der Waals surface area contributed by atoms with Crippen LogP contribution in [-0.4, -0.2) is 4.57 Å². The second-order valence-corrected chi connectivity index (χ2v) is 17.7. The third-order valence-electron chi connectivity index (χ3n) is 13.8. The van der Waals surface area contributed by atoms with Crippen LogP contribution in [0.25, 0.3) is 104 Å². The minimum Gasteiger partial charge on any atom is -0.310 e. The van der Waals surface area contributed by atoms with Gasteiger partial charge in [0.2, 0.25) is 0 Å². The van der Waals surface area contributed by atoms with Crippen molar-refractivity contribution in [1.82, 2.24) is 4.57 Å². The van der Waals surface area contributed by atoms with Gasteiger partial charge in [-0.3, -0.25) is 0 Å². The molecular formula is C66H44N2. The summed E-state index contributed by atoms with van der Waals surface area (Å²) >= 11 is 0. The Hall–Kier alpha value is -8.98. The molecule has 0 saturated heterocycles. The molecular weight excluding hydrogens is 821 g/mol. The first-order valence-corrected chi connectivity index (χ1v) is 23.4. The third-order valence-corrected chi connectivity index (χ3v) is 13.8. The van der Waals surface area contributed by atoms with E-state index in [1.54, 1.807) is 0 Å². The average molecular weight is 865 g/mol. The molecule has 0 aliphatic carbocycles. The second kappa shape index (κ2) is 16.5. The molecule has 0 aliphatic heterocycles. The molecule has 0 N–H and O–H groups in total. The molecule has 2 heteroatoms. The molecule has 0 radical (unpaired) electrons. The summed E-state index contributed by atoms with van der Waals surface area (Å²) in [6.45, 7) is 0. The van der Waals surface area contributed by atoms with Crippen LogP contribution in [0.3, 0.4) is 0 Å². The van der Waals surface area contributed by atoms with Gasteiger partial charge >= 0.3 is 0 Å². The Labute approximate surface area is 395 Å². The summed E-state index contributed by atoms with van der Waals surface area (Å²) in [5.41, 5.74) is 16.4. The first-order chi connectivity index (χ1) is 33.7. The maximum absolute atomic E-state index is 2.39. The van der Waals surface area contributed by atoms with Gasteiger partial charge in [-0.1, -0.05) is 194 Å². The number of nitrogens with zero attached hydrogens (tertiary/aromatic N) is 2. The van der Waals surface area contributed by atoms with Crippen molar-refractivity contribution in [2.75, 3.05) is 4.90 Å². The molecule has 1 heterocycles. The molecule has 1 aromatic heterocycles. The zero-order valence-corrected chi connectivity index (χ0v) is 37.3. The highest BCUT2D eigenvalue weighted by molar-refractivity contribution is 6.12. The lowest BCUT2D eigenvalue weighted by Crippen LogP contribution is -2.10. The lowest BCUT2D eigenvalue weighted by Gasteiger charge is -2.26. The SMILES string of the molecule is c1ccc(-n2c3ccccc3c3cc(-c4cccc(N(c5ccc(-c6ccc(-c7ccc8ccccc8c7)cc6)cc5)c5ccc(-c6cccc7c6ccc6ccccc67)cc5)c4)ccc32)cc1. The summed E-state index contributed by atoms with van der Waals surface area (Å²) in [6, 6.07) is 97.5. The van der Waals surface area contributed by atoms with Crippen LogP contribution in [0.15, 0.2) is 267 Å². The zero-order chi connectivity index (χ0) is 45.0. The fourth-order valence-corrected chi connectivity index (χ4v) is 10.4. The van der Waals surface area contributed by atoms with Gasteiger partial charge in [0.25, 0.3) is 0 Å². The van der Waals surface area contributed by atoms with Crippen LogP contribution in [0.4, 0.5) is 17.1 Å². The number of para-hydroxylation sites is 2. The Bertz CT molecular complexity index is 4000. The quantitative estimate of drug-likeness (QED) is 0.138. The summed E-state index contributed by atoms with van der Waals surface area (Å²) in [5.74, 6) is 0. The fourth-order valence-electron chi connectivity index (χ4n) is 10.4. The van der Waals surface area contributed by atoms with Gasteiger partial charge in [0.15, 0.2) is 0 Å². The lowest BCUT2D eigenvalue weighted by molar-refractivity contribution is 1.18. The van der Waals surface area contributed by atoms with Crippen molar-refractivity contribution < 1.29 is 0 Å². The normalized spacial score (nSPS) is 11.5. The van der Waals surface area contributed by atoms with Gasteiger partial charge in [0.1, 0.15) is 0 Å². The van der Waals surface area contributed by atoms with E-state index in [4.69, 9.17) is 0 Å². The largest absolute Gasteiger partial charge is 0.310 e. The maximum atomic E-state index is 2.39. The Morgan fingerprint density at radius 1 is 0.235 bits per heavy atom. The van der Waals surface area contributed by atoms with Crippen molar-refractivity contribution in [3.05, 3.63) is 267 Å². The Balaban J connectivity index is 0.887. The first kappa shape index (κ1) is 39.4. The summed E-state index contributed by atoms with van der Waals surface area (Å²) in [6.07, 6.45) is 0. The summed E-state index contributed by atoms with van der Waals surface area (Å²) in [4.78, 5) is 2.39. The Morgan fingerprint density at radius 3 is 1.54 bits per heavy atom. The van der Waals surface area contributed by atoms with E-state index in [2.05, 4.69) is 276 Å². The molecule has 0 aliphatic rings. The average Bonchev–Trinajstić information content (AvgIpc) is 3.75. The van der Waals surface area contributed by atoms with Crippen LogP contribution >= 0.6 is 0 Å². The predicted octanol–water partition coefficient (Wildman–Crippen LogP) is 18.4. The van der Waals surface area contributed by atoms with E-state index < -0.39 is 0 Å². The number of benzene rings is 12. The Morgan fingerprint density at radius 2 is 0.765 bits per heavy atom. The number of anilines is 3. The van der Waals surface area contributed by atoms with Gasteiger partial charge in [0, 0.05) is 33.5 Å². The molecule has 13 aromatic rings. The molecule has 0 amide bonds. The van der Waals surface area contributed by atoms with E-state index in [9.17, 15) is 0 Å². The number of rotatable bonds is 8. The van der Waals surface area contributed by atoms with E-state index in [0.717, 1.165) is 28.3 Å². The topological polar surface area (TPSA) is 8.17 Å². The van der Waals surface area contributed by atoms with Crippen molar-refractivity contribution in [3.63, 3.8) is 0 Å². The van der Waals surface area contributed by atoms with Crippen LogP contribution in [0.1, 0.15) is 0 Å². The molecule has 0 atom stereocenters. The molecule has 0 fully saturated rings. The summed E-state index contributed by atoms with van der Waals surface area (Å²) in [7, 11) is 0. The van der Waals surface area contributed by atoms with Crippen molar-refractivity contribution in [3.8, 4) is 50.2 Å². The molecule has 13 rings (SSSR count). The zero-order valence-electron chi connectivity index (χ0n) is 37.3. The molecule has 68 heavy (non-hydrogen) atoms. The van der Waals surface area contributed by atoms with Crippen molar-refractivity contribution in [2.45, 2.75) is 0 Å².